The molecule has 2 rings (SSSR count). The van der Waals surface area contributed by atoms with E-state index >= 15 is 0 Å². The van der Waals surface area contributed by atoms with Gasteiger partial charge in [-0.25, -0.2) is 10.1 Å². The molecule has 34 heavy (non-hydrogen) atoms. The van der Waals surface area contributed by atoms with Crippen LogP contribution in [-0.2, 0) is 32.6 Å². The van der Waals surface area contributed by atoms with Gasteiger partial charge in [0.15, 0.2) is 0 Å². The summed E-state index contributed by atoms with van der Waals surface area (Å²) in [5.41, 5.74) is 5.55. The summed E-state index contributed by atoms with van der Waals surface area (Å²) in [6, 6.07) is 6.97. The summed E-state index contributed by atoms with van der Waals surface area (Å²) >= 11 is 0. The highest BCUT2D eigenvalue weighted by molar-refractivity contribution is 7.51. The second kappa shape index (κ2) is 14.4. The van der Waals surface area contributed by atoms with Gasteiger partial charge in [-0.3, -0.25) is 4.52 Å². The molecule has 0 radical (unpaired) electrons. The van der Waals surface area contributed by atoms with Crippen LogP contribution >= 0.6 is 7.75 Å². The lowest BCUT2D eigenvalue weighted by molar-refractivity contribution is -0.297. The molecule has 1 aromatic rings. The Morgan fingerprint density at radius 2 is 1.44 bits per heavy atom. The minimum absolute atomic E-state index is 0.196. The van der Waals surface area contributed by atoms with E-state index in [1.54, 1.807) is 49.6 Å². The molecule has 0 bridgehead atoms. The molecule has 2 N–H and O–H groups in total. The lowest BCUT2D eigenvalue weighted by Crippen LogP contribution is -2.62. The lowest BCUT2D eigenvalue weighted by Gasteiger charge is -2.45. The highest BCUT2D eigenvalue weighted by atomic mass is 31.2. The quantitative estimate of drug-likeness (QED) is 0.268. The minimum atomic E-state index is -3.77. The summed E-state index contributed by atoms with van der Waals surface area (Å²) in [5, 5.41) is 0. The van der Waals surface area contributed by atoms with E-state index in [9.17, 15) is 4.57 Å². The summed E-state index contributed by atoms with van der Waals surface area (Å²) in [4.78, 5) is 0. The third kappa shape index (κ3) is 8.33. The summed E-state index contributed by atoms with van der Waals surface area (Å²) < 4.78 is 57.6. The Bertz CT molecular complexity index is 819. The molecule has 6 atom stereocenters. The van der Waals surface area contributed by atoms with Gasteiger partial charge in [-0.1, -0.05) is 18.2 Å². The van der Waals surface area contributed by atoms with Crippen LogP contribution < -0.4 is 15.0 Å². The molecule has 11 heteroatoms. The van der Waals surface area contributed by atoms with Crippen LogP contribution in [0.3, 0.4) is 0 Å². The van der Waals surface area contributed by atoms with Crippen molar-refractivity contribution in [1.29, 1.82) is 0 Å². The zero-order valence-electron chi connectivity index (χ0n) is 19.6. The SMILES string of the molecule is C=CCO[C@H]1[C@@H](OCC=C)[C@@H](COP(N)(=O)OC)O[C@H](Oc2ccc(OC)cc2)[C@@H]1OCC=C. The molecule has 0 aromatic heterocycles. The molecule has 0 spiro atoms. The van der Waals surface area contributed by atoms with E-state index in [-0.39, 0.29) is 26.4 Å². The van der Waals surface area contributed by atoms with Crippen molar-refractivity contribution in [3.8, 4) is 11.5 Å². The topological polar surface area (TPSA) is 117 Å². The monoisotopic (exact) mass is 499 g/mol. The van der Waals surface area contributed by atoms with Crippen molar-refractivity contribution in [3.63, 3.8) is 0 Å². The largest absolute Gasteiger partial charge is 0.497 e. The lowest BCUT2D eigenvalue weighted by atomic mass is 9.98. The van der Waals surface area contributed by atoms with Crippen LogP contribution in [0.4, 0.5) is 0 Å². The molecule has 1 saturated heterocycles. The normalized spacial score (nSPS) is 26.3. The van der Waals surface area contributed by atoms with Crippen LogP contribution in [0.2, 0.25) is 0 Å². The molecule has 1 aromatic carbocycles. The van der Waals surface area contributed by atoms with Gasteiger partial charge in [0.1, 0.15) is 35.9 Å². The number of ether oxygens (including phenoxy) is 6. The average molecular weight is 499 g/mol. The molecule has 1 fully saturated rings. The first kappa shape index (κ1) is 28.2. The van der Waals surface area contributed by atoms with Gasteiger partial charge in [0.25, 0.3) is 0 Å². The molecular weight excluding hydrogens is 465 g/mol. The van der Waals surface area contributed by atoms with Crippen molar-refractivity contribution < 1.29 is 42.0 Å². The number of nitrogens with two attached hydrogens (primary N) is 1. The maximum absolute atomic E-state index is 12.1. The molecule has 1 aliphatic heterocycles. The second-order valence-corrected chi connectivity index (χ2v) is 8.82. The molecule has 0 amide bonds. The third-order valence-electron chi connectivity index (χ3n) is 4.80. The van der Waals surface area contributed by atoms with Gasteiger partial charge in [-0.2, -0.15) is 0 Å². The van der Waals surface area contributed by atoms with E-state index in [1.165, 1.54) is 7.11 Å². The van der Waals surface area contributed by atoms with Crippen LogP contribution in [0.25, 0.3) is 0 Å². The fourth-order valence-corrected chi connectivity index (χ4v) is 3.69. The fraction of sp³-hybridized carbons (Fsp3) is 0.478. The highest BCUT2D eigenvalue weighted by Gasteiger charge is 2.49. The van der Waals surface area contributed by atoms with Crippen LogP contribution in [0.5, 0.6) is 11.5 Å². The van der Waals surface area contributed by atoms with Gasteiger partial charge < -0.3 is 32.9 Å². The van der Waals surface area contributed by atoms with E-state index in [1.807, 2.05) is 0 Å². The Balaban J connectivity index is 2.37. The summed E-state index contributed by atoms with van der Waals surface area (Å²) in [5.74, 6) is 1.18. The predicted molar refractivity (Wildman–Crippen MR) is 127 cm³/mol. The Labute approximate surface area is 200 Å². The van der Waals surface area contributed by atoms with Gasteiger partial charge in [0, 0.05) is 7.11 Å². The summed E-state index contributed by atoms with van der Waals surface area (Å²) in [6.07, 6.45) is 0.947. The molecular formula is C23H34NO9P. The second-order valence-electron chi connectivity index (χ2n) is 7.11. The fourth-order valence-electron chi connectivity index (χ4n) is 3.23. The van der Waals surface area contributed by atoms with Crippen LogP contribution in [0, 0.1) is 0 Å². The third-order valence-corrected chi connectivity index (χ3v) is 5.81. The Morgan fingerprint density at radius 1 is 0.912 bits per heavy atom. The van der Waals surface area contributed by atoms with Crippen molar-refractivity contribution in [3.05, 3.63) is 62.2 Å². The number of hydrogen-bond donors (Lipinski definition) is 1. The first-order chi connectivity index (χ1) is 16.4. The van der Waals surface area contributed by atoms with Gasteiger partial charge in [-0.15, -0.1) is 19.7 Å². The molecule has 0 saturated carbocycles. The van der Waals surface area contributed by atoms with Crippen molar-refractivity contribution in [2.75, 3.05) is 40.6 Å². The highest BCUT2D eigenvalue weighted by Crippen LogP contribution is 2.39. The van der Waals surface area contributed by atoms with Crippen molar-refractivity contribution in [1.82, 2.24) is 0 Å². The smallest absolute Gasteiger partial charge is 0.402 e. The van der Waals surface area contributed by atoms with E-state index in [4.69, 9.17) is 43.0 Å². The van der Waals surface area contributed by atoms with Gasteiger partial charge >= 0.3 is 7.75 Å². The molecule has 190 valence electrons. The van der Waals surface area contributed by atoms with Crippen LogP contribution in [0.1, 0.15) is 0 Å². The number of rotatable bonds is 16. The number of hydrogen-bond acceptors (Lipinski definition) is 9. The Hall–Kier alpha value is -2.01. The average Bonchev–Trinajstić information content (AvgIpc) is 2.85. The van der Waals surface area contributed by atoms with E-state index in [2.05, 4.69) is 19.7 Å². The molecule has 1 aliphatic rings. The van der Waals surface area contributed by atoms with Crippen LogP contribution in [-0.4, -0.2) is 71.4 Å². The zero-order chi connectivity index (χ0) is 25.0. The number of methoxy groups -OCH3 is 1. The Kier molecular flexibility index (Phi) is 12.0. The molecule has 0 aliphatic carbocycles. The maximum Gasteiger partial charge on any atom is 0.402 e. The zero-order valence-corrected chi connectivity index (χ0v) is 20.5. The predicted octanol–water partition coefficient (Wildman–Crippen LogP) is 3.24. The van der Waals surface area contributed by atoms with Crippen molar-refractivity contribution in [2.45, 2.75) is 30.7 Å². The molecule has 1 unspecified atom stereocenters. The van der Waals surface area contributed by atoms with Crippen molar-refractivity contribution >= 4 is 7.75 Å². The minimum Gasteiger partial charge on any atom is -0.497 e. The number of benzene rings is 1. The van der Waals surface area contributed by atoms with Gasteiger partial charge in [0.2, 0.25) is 6.29 Å². The van der Waals surface area contributed by atoms with E-state index < -0.39 is 38.5 Å². The van der Waals surface area contributed by atoms with Gasteiger partial charge in [-0.05, 0) is 24.3 Å². The molecule has 1 heterocycles. The first-order valence-corrected chi connectivity index (χ1v) is 12.2. The molecule has 10 nitrogen and oxygen atoms in total. The maximum atomic E-state index is 12.1. The van der Waals surface area contributed by atoms with Gasteiger partial charge in [0.05, 0.1) is 33.5 Å². The summed E-state index contributed by atoms with van der Waals surface area (Å²) in [6.45, 7) is 11.5. The van der Waals surface area contributed by atoms with E-state index in [0.717, 1.165) is 0 Å². The summed E-state index contributed by atoms with van der Waals surface area (Å²) in [7, 11) is -1.01. The first-order valence-electron chi connectivity index (χ1n) is 10.6. The van der Waals surface area contributed by atoms with E-state index in [0.29, 0.717) is 11.5 Å². The Morgan fingerprint density at radius 3 is 1.97 bits per heavy atom. The van der Waals surface area contributed by atoms with Crippen LogP contribution in [0.15, 0.2) is 62.2 Å². The van der Waals surface area contributed by atoms with Crippen molar-refractivity contribution in [2.24, 2.45) is 5.50 Å². The standard InChI is InChI=1S/C23H34NO9P/c1-6-13-28-20-19(16-31-34(24,25)27-5)33-23(32-18-11-9-17(26-4)10-12-18)22(30-15-8-3)21(20)29-14-7-2/h6-12,19-23H,1-3,13-16H2,4-5H3,(H2,24,25)/t19-,20+,21+,22-,23+,34?/m1/s1.